The van der Waals surface area contributed by atoms with Crippen LogP contribution >= 0.6 is 0 Å². The van der Waals surface area contributed by atoms with Crippen molar-refractivity contribution in [2.75, 3.05) is 0 Å². The smallest absolute Gasteiger partial charge is 0.143 e. The second kappa shape index (κ2) is 30.2. The molecule has 566 valence electrons. The molecule has 0 amide bonds. The van der Waals surface area contributed by atoms with Gasteiger partial charge in [0, 0.05) is 54.3 Å². The van der Waals surface area contributed by atoms with Crippen molar-refractivity contribution in [2.24, 2.45) is 0 Å². The first-order valence-corrected chi connectivity index (χ1v) is 44.2. The van der Waals surface area contributed by atoms with Crippen LogP contribution in [0, 0.1) is 0 Å². The molecular formula is C108H122O2. The van der Waals surface area contributed by atoms with E-state index in [-0.39, 0.29) is 21.7 Å². The van der Waals surface area contributed by atoms with Gasteiger partial charge in [-0.25, -0.2) is 0 Å². The third kappa shape index (κ3) is 12.2. The lowest BCUT2D eigenvalue weighted by molar-refractivity contribution is 0.394. The van der Waals surface area contributed by atoms with Gasteiger partial charge in [-0.3, -0.25) is 0 Å². The Labute approximate surface area is 658 Å². The van der Waals surface area contributed by atoms with Crippen molar-refractivity contribution in [3.63, 3.8) is 0 Å². The summed E-state index contributed by atoms with van der Waals surface area (Å²) in [7, 11) is 0. The minimum atomic E-state index is -0.284. The maximum absolute atomic E-state index is 7.19. The first-order chi connectivity index (χ1) is 53.6. The largest absolute Gasteiger partial charge is 0.455 e. The summed E-state index contributed by atoms with van der Waals surface area (Å²) < 4.78 is 14.4. The Morgan fingerprint density at radius 2 is 0.500 bits per heavy atom. The zero-order valence-corrected chi connectivity index (χ0v) is 68.9. The van der Waals surface area contributed by atoms with Crippen LogP contribution in [0.2, 0.25) is 0 Å². The summed E-state index contributed by atoms with van der Waals surface area (Å²) in [5, 5.41) is 10.1. The van der Waals surface area contributed by atoms with Gasteiger partial charge in [-0.2, -0.15) is 0 Å². The van der Waals surface area contributed by atoms with Crippen molar-refractivity contribution in [2.45, 2.75) is 296 Å². The highest BCUT2D eigenvalue weighted by atomic mass is 16.3. The quantitative estimate of drug-likeness (QED) is 0.0393. The number of benzene rings is 11. The molecule has 0 saturated carbocycles. The second-order valence-electron chi connectivity index (χ2n) is 36.4. The molecule has 2 heterocycles. The highest BCUT2D eigenvalue weighted by Crippen LogP contribution is 2.66. The van der Waals surface area contributed by atoms with Crippen LogP contribution in [-0.2, 0) is 21.7 Å². The predicted molar refractivity (Wildman–Crippen MR) is 475 cm³/mol. The van der Waals surface area contributed by atoms with E-state index in [1.807, 2.05) is 0 Å². The summed E-state index contributed by atoms with van der Waals surface area (Å²) in [5.74, 6) is 0.699. The van der Waals surface area contributed by atoms with Crippen molar-refractivity contribution in [1.29, 1.82) is 0 Å². The Morgan fingerprint density at radius 1 is 0.236 bits per heavy atom. The van der Waals surface area contributed by atoms with Crippen LogP contribution in [0.15, 0.2) is 179 Å². The molecule has 4 aliphatic rings. The van der Waals surface area contributed by atoms with E-state index in [9.17, 15) is 0 Å². The van der Waals surface area contributed by atoms with Crippen molar-refractivity contribution >= 4 is 65.4 Å². The first-order valence-electron chi connectivity index (χ1n) is 44.2. The number of fused-ring (bicyclic) bond motifs is 22. The van der Waals surface area contributed by atoms with Crippen molar-refractivity contribution in [1.82, 2.24) is 0 Å². The number of hydrogen-bond acceptors (Lipinski definition) is 2. The lowest BCUT2D eigenvalue weighted by atomic mass is 9.68. The van der Waals surface area contributed by atoms with Crippen LogP contribution < -0.4 is 0 Å². The molecule has 0 unspecified atom stereocenters. The van der Waals surface area contributed by atoms with Crippen molar-refractivity contribution in [3.8, 4) is 66.8 Å². The van der Waals surface area contributed by atoms with Gasteiger partial charge in [-0.05, 0) is 219 Å². The lowest BCUT2D eigenvalue weighted by Gasteiger charge is -2.35. The summed E-state index contributed by atoms with van der Waals surface area (Å²) in [4.78, 5) is 0. The number of furan rings is 2. The molecule has 17 rings (SSSR count). The minimum Gasteiger partial charge on any atom is -0.455 e. The van der Waals surface area contributed by atoms with E-state index >= 15 is 0 Å². The zero-order valence-electron chi connectivity index (χ0n) is 68.9. The van der Waals surface area contributed by atoms with Crippen LogP contribution in [0.25, 0.3) is 132 Å². The topological polar surface area (TPSA) is 26.3 Å². The molecule has 0 fully saturated rings. The van der Waals surface area contributed by atoms with Crippen LogP contribution in [0.5, 0.6) is 0 Å². The molecule has 0 spiro atoms. The SMILES string of the molecule is CCCCCCCCC1(CCCCCCCC)c2cc3c(cc2-c2cc4c(cc21)-c1cc2c(cc1C4(CCCCCCCC)CCCCCCCC)-c1c(cc(-c4cccc5c4oc4c(C(C)C)cccc45)c4ccccc14)C2(C)C)C(C)(C)c1cc(-c2cccc4c2oc2c(C(C)C)cccc24)c2ccccc2c1-3. The number of rotatable bonds is 32. The molecular weight excluding hydrogens is 1330 g/mol. The fourth-order valence-corrected chi connectivity index (χ4v) is 22.2. The van der Waals surface area contributed by atoms with Gasteiger partial charge in [0.05, 0.1) is 0 Å². The van der Waals surface area contributed by atoms with E-state index in [0.29, 0.717) is 11.8 Å². The Kier molecular flexibility index (Phi) is 20.4. The second-order valence-corrected chi connectivity index (χ2v) is 36.4. The summed E-state index contributed by atoms with van der Waals surface area (Å²) in [6.07, 6.45) is 35.7. The first kappa shape index (κ1) is 74.3. The van der Waals surface area contributed by atoms with Crippen LogP contribution in [0.1, 0.15) is 330 Å². The molecule has 2 nitrogen and oxygen atoms in total. The van der Waals surface area contributed by atoms with E-state index in [0.717, 1.165) is 22.3 Å². The average molecular weight is 1450 g/mol. The fourth-order valence-electron chi connectivity index (χ4n) is 22.2. The van der Waals surface area contributed by atoms with Gasteiger partial charge >= 0.3 is 0 Å². The van der Waals surface area contributed by atoms with E-state index in [1.165, 1.54) is 312 Å². The number of hydrogen-bond donors (Lipinski definition) is 0. The summed E-state index contributed by atoms with van der Waals surface area (Å²) in [5.41, 5.74) is 34.9. The van der Waals surface area contributed by atoms with Gasteiger partial charge < -0.3 is 8.83 Å². The molecule has 13 aromatic rings. The van der Waals surface area contributed by atoms with E-state index < -0.39 is 0 Å². The summed E-state index contributed by atoms with van der Waals surface area (Å²) >= 11 is 0. The summed E-state index contributed by atoms with van der Waals surface area (Å²) in [6, 6.07) is 68.6. The molecule has 110 heavy (non-hydrogen) atoms. The number of unbranched alkanes of at least 4 members (excludes halogenated alkanes) is 20. The average Bonchev–Trinajstić information content (AvgIpc) is 1.52. The Hall–Kier alpha value is -8.46. The molecule has 0 aliphatic heterocycles. The normalized spacial score (nSPS) is 15.1. The zero-order chi connectivity index (χ0) is 75.8. The molecule has 0 saturated heterocycles. The minimum absolute atomic E-state index is 0.150. The van der Waals surface area contributed by atoms with E-state index in [2.05, 4.69) is 253 Å². The van der Waals surface area contributed by atoms with Gasteiger partial charge in [-0.1, -0.05) is 359 Å². The van der Waals surface area contributed by atoms with Gasteiger partial charge in [0.2, 0.25) is 0 Å². The maximum atomic E-state index is 7.19. The van der Waals surface area contributed by atoms with E-state index in [4.69, 9.17) is 8.83 Å². The van der Waals surface area contributed by atoms with Gasteiger partial charge in [0.25, 0.3) is 0 Å². The van der Waals surface area contributed by atoms with Crippen LogP contribution in [-0.4, -0.2) is 0 Å². The molecule has 0 atom stereocenters. The molecule has 0 radical (unpaired) electrons. The van der Waals surface area contributed by atoms with Crippen molar-refractivity contribution in [3.05, 3.63) is 225 Å². The monoisotopic (exact) mass is 1450 g/mol. The summed E-state index contributed by atoms with van der Waals surface area (Å²) in [6.45, 7) is 28.9. The van der Waals surface area contributed by atoms with Gasteiger partial charge in [0.15, 0.2) is 0 Å². The predicted octanol–water partition coefficient (Wildman–Crippen LogP) is 33.5. The van der Waals surface area contributed by atoms with Crippen molar-refractivity contribution < 1.29 is 8.83 Å². The standard InChI is InChI=1S/C108H122O2/c1-13-17-21-25-29-37-57-107(58-38-30-26-22-18-14-2)93-65-88-86-64-92-90(100-76-48-36-34-46-74(76)84(62-98(100)106(92,11)12)82-56-44-54-80-78-52-42-50-72(70(7)8)102(78)110-104(80)82)68-96(86)108(59-39-31-27-23-19-15-3,60-40-32-28-24-20-16-4)94(88)66-87(93)85-63-91-89(67-95(85)107)99-75-47-35-33-45-73(75)83(61-97(99)105(91,9)10)81-55-43-53-79-77-51-41-49-71(69(5)6)101(77)109-103(79)81/h33-36,41-56,61-70H,13-32,37-40,57-60H2,1-12H3. The van der Waals surface area contributed by atoms with Crippen LogP contribution in [0.3, 0.4) is 0 Å². The molecule has 0 bridgehead atoms. The highest BCUT2D eigenvalue weighted by Gasteiger charge is 2.51. The van der Waals surface area contributed by atoms with E-state index in [1.54, 1.807) is 33.4 Å². The van der Waals surface area contributed by atoms with Crippen LogP contribution in [0.4, 0.5) is 0 Å². The van der Waals surface area contributed by atoms with Gasteiger partial charge in [0.1, 0.15) is 22.3 Å². The Balaban J connectivity index is 0.882. The maximum Gasteiger partial charge on any atom is 0.143 e. The Morgan fingerprint density at radius 3 is 0.827 bits per heavy atom. The Bertz CT molecular complexity index is 5270. The number of para-hydroxylation sites is 4. The molecule has 0 N–H and O–H groups in total. The van der Waals surface area contributed by atoms with Gasteiger partial charge in [-0.15, -0.1) is 0 Å². The molecule has 11 aromatic carbocycles. The molecule has 2 heteroatoms. The molecule has 2 aromatic heterocycles. The highest BCUT2D eigenvalue weighted by molar-refractivity contribution is 6.18. The lowest BCUT2D eigenvalue weighted by Crippen LogP contribution is -2.27. The third-order valence-corrected chi connectivity index (χ3v) is 28.2. The third-order valence-electron chi connectivity index (χ3n) is 28.2. The fraction of sp³-hybridized carbons (Fsp3) is 0.426. The molecule has 4 aliphatic carbocycles.